The molecular weight excluding hydrogens is 239 g/mol. The molecule has 0 aliphatic heterocycles. The van der Waals surface area contributed by atoms with Crippen molar-refractivity contribution < 1.29 is 9.53 Å². The van der Waals surface area contributed by atoms with Crippen LogP contribution in [0.2, 0.25) is 0 Å². The number of imidazole rings is 1. The van der Waals surface area contributed by atoms with E-state index in [-0.39, 0.29) is 12.0 Å². The van der Waals surface area contributed by atoms with Gasteiger partial charge in [0, 0.05) is 0 Å². The van der Waals surface area contributed by atoms with Gasteiger partial charge in [0.1, 0.15) is 5.69 Å². The van der Waals surface area contributed by atoms with Crippen LogP contribution in [0, 0.1) is 0 Å². The van der Waals surface area contributed by atoms with Gasteiger partial charge in [0.15, 0.2) is 0 Å². The molecule has 0 saturated heterocycles. The standard InChI is InChI=1S/C15H18N2O2/c1-3-9-19-15(18)14-10-16-11-17(14)12(2)13-7-5-4-6-8-13/h4-8,10-12H,3,9H2,1-2H3/t12-/m1/s1/i9-1. The van der Waals surface area contributed by atoms with Crippen LogP contribution in [0.1, 0.15) is 42.4 Å². The first kappa shape index (κ1) is 13.3. The van der Waals surface area contributed by atoms with Crippen molar-refractivity contribution in [3.05, 3.63) is 54.1 Å². The van der Waals surface area contributed by atoms with Gasteiger partial charge < -0.3 is 9.30 Å². The number of hydrogen-bond acceptors (Lipinski definition) is 3. The van der Waals surface area contributed by atoms with Crippen LogP contribution < -0.4 is 0 Å². The molecule has 1 atom stereocenters. The molecule has 100 valence electrons. The lowest BCUT2D eigenvalue weighted by Crippen LogP contribution is -2.15. The summed E-state index contributed by atoms with van der Waals surface area (Å²) in [5.74, 6) is -0.317. The van der Waals surface area contributed by atoms with Gasteiger partial charge in [-0.3, -0.25) is 0 Å². The molecule has 0 N–H and O–H groups in total. The Labute approximate surface area is 113 Å². The van der Waals surface area contributed by atoms with E-state index in [1.54, 1.807) is 12.5 Å². The second kappa shape index (κ2) is 6.18. The van der Waals surface area contributed by atoms with Crippen LogP contribution in [0.3, 0.4) is 0 Å². The Kier molecular flexibility index (Phi) is 4.34. The van der Waals surface area contributed by atoms with E-state index in [9.17, 15) is 4.79 Å². The third kappa shape index (κ3) is 3.02. The number of carbonyl (C=O) groups excluding carboxylic acids is 1. The molecule has 0 bridgehead atoms. The molecule has 0 aliphatic carbocycles. The van der Waals surface area contributed by atoms with Gasteiger partial charge in [-0.1, -0.05) is 37.3 Å². The van der Waals surface area contributed by atoms with Gasteiger partial charge in [-0.05, 0) is 18.9 Å². The van der Waals surface area contributed by atoms with E-state index in [0.717, 1.165) is 12.0 Å². The molecule has 4 nitrogen and oxygen atoms in total. The van der Waals surface area contributed by atoms with E-state index in [2.05, 4.69) is 4.98 Å². The van der Waals surface area contributed by atoms with Gasteiger partial charge >= 0.3 is 5.97 Å². The number of rotatable bonds is 5. The van der Waals surface area contributed by atoms with Crippen LogP contribution in [-0.4, -0.2) is 22.1 Å². The summed E-state index contributed by atoms with van der Waals surface area (Å²) >= 11 is 0. The molecule has 0 unspecified atom stereocenters. The van der Waals surface area contributed by atoms with Crippen LogP contribution in [0.5, 0.6) is 0 Å². The lowest BCUT2D eigenvalue weighted by atomic mass is 10.1. The number of aromatic nitrogens is 2. The van der Waals surface area contributed by atoms with E-state index in [1.165, 1.54) is 0 Å². The molecule has 0 amide bonds. The van der Waals surface area contributed by atoms with Crippen molar-refractivity contribution in [2.45, 2.75) is 26.3 Å². The molecule has 2 aromatic rings. The SMILES string of the molecule is CC[11CH2]OC(=O)c1cncn1[C@H](C)c1ccccc1. The van der Waals surface area contributed by atoms with Crippen LogP contribution >= 0.6 is 0 Å². The molecular formula is C15H18N2O2. The Balaban J connectivity index is 2.22. The molecule has 1 heterocycles. The van der Waals surface area contributed by atoms with E-state index >= 15 is 0 Å². The number of ether oxygens (including phenoxy) is 1. The maximum atomic E-state index is 11.9. The first-order chi connectivity index (χ1) is 9.24. The van der Waals surface area contributed by atoms with Crippen LogP contribution in [0.15, 0.2) is 42.9 Å². The Bertz CT molecular complexity index is 534. The highest BCUT2D eigenvalue weighted by Gasteiger charge is 2.17. The molecule has 19 heavy (non-hydrogen) atoms. The van der Waals surface area contributed by atoms with E-state index < -0.39 is 0 Å². The Morgan fingerprint density at radius 2 is 2.11 bits per heavy atom. The third-order valence-corrected chi connectivity index (χ3v) is 3.01. The predicted molar refractivity (Wildman–Crippen MR) is 73.1 cm³/mol. The average molecular weight is 257 g/mol. The second-order valence-electron chi connectivity index (χ2n) is 4.41. The van der Waals surface area contributed by atoms with Crippen molar-refractivity contribution in [1.82, 2.24) is 9.55 Å². The van der Waals surface area contributed by atoms with Crippen molar-refractivity contribution >= 4 is 5.97 Å². The Hall–Kier alpha value is -2.10. The van der Waals surface area contributed by atoms with Gasteiger partial charge in [0.05, 0.1) is 25.2 Å². The number of esters is 1. The minimum Gasteiger partial charge on any atom is -0.461 e. The highest BCUT2D eigenvalue weighted by atomic mass is 16.5. The lowest BCUT2D eigenvalue weighted by Gasteiger charge is -2.16. The normalized spacial score (nSPS) is 12.1. The zero-order valence-electron chi connectivity index (χ0n) is 11.2. The van der Waals surface area contributed by atoms with Gasteiger partial charge in [0.2, 0.25) is 0 Å². The van der Waals surface area contributed by atoms with Crippen molar-refractivity contribution in [1.29, 1.82) is 0 Å². The minimum absolute atomic E-state index is 0.0490. The zero-order chi connectivity index (χ0) is 13.7. The summed E-state index contributed by atoms with van der Waals surface area (Å²) in [6.45, 7) is 4.44. The first-order valence-corrected chi connectivity index (χ1v) is 6.48. The summed E-state index contributed by atoms with van der Waals surface area (Å²) < 4.78 is 7.00. The third-order valence-electron chi connectivity index (χ3n) is 3.01. The monoisotopic (exact) mass is 257 g/mol. The molecule has 0 aliphatic rings. The van der Waals surface area contributed by atoms with Crippen LogP contribution in [-0.2, 0) is 4.74 Å². The van der Waals surface area contributed by atoms with E-state index in [1.807, 2.05) is 48.7 Å². The number of carbonyl (C=O) groups is 1. The molecule has 0 radical (unpaired) electrons. The molecule has 4 heteroatoms. The number of benzene rings is 1. The van der Waals surface area contributed by atoms with E-state index in [0.29, 0.717) is 12.3 Å². The summed E-state index contributed by atoms with van der Waals surface area (Å²) in [5.41, 5.74) is 1.62. The molecule has 0 fully saturated rings. The average Bonchev–Trinajstić information content (AvgIpc) is 2.94. The highest BCUT2D eigenvalue weighted by molar-refractivity contribution is 5.87. The van der Waals surface area contributed by atoms with Gasteiger partial charge in [-0.2, -0.15) is 0 Å². The van der Waals surface area contributed by atoms with Gasteiger partial charge in [-0.15, -0.1) is 0 Å². The highest BCUT2D eigenvalue weighted by Crippen LogP contribution is 2.19. The van der Waals surface area contributed by atoms with Crippen molar-refractivity contribution in [3.63, 3.8) is 0 Å². The smallest absolute Gasteiger partial charge is 0.356 e. The second-order valence-corrected chi connectivity index (χ2v) is 4.41. The Morgan fingerprint density at radius 3 is 2.79 bits per heavy atom. The number of nitrogens with zero attached hydrogens (tertiary/aromatic N) is 2. The molecule has 1 aromatic carbocycles. The minimum atomic E-state index is -0.317. The summed E-state index contributed by atoms with van der Waals surface area (Å²) in [7, 11) is 0. The van der Waals surface area contributed by atoms with Crippen LogP contribution in [0.25, 0.3) is 0 Å². The predicted octanol–water partition coefficient (Wildman–Crippen LogP) is 3.06. The zero-order valence-corrected chi connectivity index (χ0v) is 11.2. The van der Waals surface area contributed by atoms with Gasteiger partial charge in [-0.25, -0.2) is 9.78 Å². The summed E-state index contributed by atoms with van der Waals surface area (Å²) in [6, 6.07) is 10.1. The maximum Gasteiger partial charge on any atom is 0.356 e. The summed E-state index contributed by atoms with van der Waals surface area (Å²) in [5, 5.41) is 0. The van der Waals surface area contributed by atoms with Crippen molar-refractivity contribution in [2.24, 2.45) is 0 Å². The van der Waals surface area contributed by atoms with Crippen molar-refractivity contribution in [3.8, 4) is 0 Å². The first-order valence-electron chi connectivity index (χ1n) is 6.48. The Morgan fingerprint density at radius 1 is 1.37 bits per heavy atom. The summed E-state index contributed by atoms with van der Waals surface area (Å²) in [4.78, 5) is 16.0. The molecule has 1 aromatic heterocycles. The van der Waals surface area contributed by atoms with Crippen LogP contribution in [0.4, 0.5) is 0 Å². The quantitative estimate of drug-likeness (QED) is 0.773. The fourth-order valence-corrected chi connectivity index (χ4v) is 1.93. The lowest BCUT2D eigenvalue weighted by molar-refractivity contribution is 0.0491. The topological polar surface area (TPSA) is 44.1 Å². The fraction of sp³-hybridized carbons (Fsp3) is 0.333. The fourth-order valence-electron chi connectivity index (χ4n) is 1.93. The number of hydrogen-bond donors (Lipinski definition) is 0. The van der Waals surface area contributed by atoms with Crippen molar-refractivity contribution in [2.75, 3.05) is 6.61 Å². The molecule has 0 saturated carbocycles. The molecule has 0 spiro atoms. The summed E-state index contributed by atoms with van der Waals surface area (Å²) in [6.07, 6.45) is 4.03. The van der Waals surface area contributed by atoms with E-state index in [4.69, 9.17) is 4.74 Å². The maximum absolute atomic E-state index is 11.9. The largest absolute Gasteiger partial charge is 0.461 e. The molecule has 2 rings (SSSR count). The van der Waals surface area contributed by atoms with Gasteiger partial charge in [0.25, 0.3) is 0 Å².